The molecule has 0 saturated carbocycles. The van der Waals surface area contributed by atoms with E-state index in [0.29, 0.717) is 23.1 Å². The zero-order chi connectivity index (χ0) is 15.4. The molecule has 0 aromatic heterocycles. The van der Waals surface area contributed by atoms with Crippen LogP contribution >= 0.6 is 0 Å². The lowest BCUT2D eigenvalue weighted by atomic mass is 10.0. The first-order valence-corrected chi connectivity index (χ1v) is 7.29. The molecule has 1 fully saturated rings. The zero-order valence-electron chi connectivity index (χ0n) is 13.2. The summed E-state index contributed by atoms with van der Waals surface area (Å²) in [5.41, 5.74) is 1.58. The number of ether oxygens (including phenoxy) is 2. The second kappa shape index (κ2) is 6.80. The van der Waals surface area contributed by atoms with E-state index in [1.165, 1.54) is 0 Å². The first kappa shape index (κ1) is 15.6. The summed E-state index contributed by atoms with van der Waals surface area (Å²) in [5, 5.41) is 3.32. The molecule has 1 saturated heterocycles. The van der Waals surface area contributed by atoms with Crippen molar-refractivity contribution in [3.63, 3.8) is 0 Å². The summed E-state index contributed by atoms with van der Waals surface area (Å²) in [6.45, 7) is 3.85. The Bertz CT molecular complexity index is 510. The summed E-state index contributed by atoms with van der Waals surface area (Å²) in [6.07, 6.45) is 1.99. The molecule has 1 N–H and O–H groups in total. The number of carbonyl (C=O) groups is 1. The minimum Gasteiger partial charge on any atom is -0.493 e. The Balaban J connectivity index is 2.25. The van der Waals surface area contributed by atoms with E-state index in [9.17, 15) is 4.79 Å². The molecule has 5 nitrogen and oxygen atoms in total. The topological polar surface area (TPSA) is 50.8 Å². The molecular weight excluding hydrogens is 268 g/mol. The van der Waals surface area contributed by atoms with Gasteiger partial charge in [-0.1, -0.05) is 0 Å². The Morgan fingerprint density at radius 1 is 1.19 bits per heavy atom. The van der Waals surface area contributed by atoms with Gasteiger partial charge in [0.05, 0.1) is 14.2 Å². The number of piperidine rings is 1. The molecule has 1 amide bonds. The van der Waals surface area contributed by atoms with Crippen molar-refractivity contribution >= 4 is 5.91 Å². The van der Waals surface area contributed by atoms with Crippen molar-refractivity contribution in [3.8, 4) is 11.5 Å². The van der Waals surface area contributed by atoms with Crippen LogP contribution in [0.15, 0.2) is 12.1 Å². The molecule has 1 aliphatic heterocycles. The predicted octanol–water partition coefficient (Wildman–Crippen LogP) is 1.84. The Morgan fingerprint density at radius 3 is 2.33 bits per heavy atom. The van der Waals surface area contributed by atoms with Crippen molar-refractivity contribution in [2.45, 2.75) is 25.8 Å². The van der Waals surface area contributed by atoms with Crippen LogP contribution in [-0.4, -0.2) is 51.2 Å². The summed E-state index contributed by atoms with van der Waals surface area (Å²) in [4.78, 5) is 14.6. The van der Waals surface area contributed by atoms with Gasteiger partial charge in [0, 0.05) is 18.7 Å². The monoisotopic (exact) mass is 292 g/mol. The van der Waals surface area contributed by atoms with Crippen molar-refractivity contribution in [2.24, 2.45) is 0 Å². The Hall–Kier alpha value is -1.75. The van der Waals surface area contributed by atoms with E-state index in [2.05, 4.69) is 5.32 Å². The van der Waals surface area contributed by atoms with Gasteiger partial charge in [0.15, 0.2) is 11.5 Å². The maximum atomic E-state index is 12.7. The van der Waals surface area contributed by atoms with E-state index in [-0.39, 0.29) is 5.91 Å². The maximum absolute atomic E-state index is 12.7. The van der Waals surface area contributed by atoms with Crippen LogP contribution < -0.4 is 14.8 Å². The number of nitrogens with one attached hydrogen (secondary N) is 1. The molecule has 0 spiro atoms. The molecule has 0 aliphatic carbocycles. The van der Waals surface area contributed by atoms with E-state index in [0.717, 1.165) is 31.5 Å². The van der Waals surface area contributed by atoms with Crippen molar-refractivity contribution in [1.29, 1.82) is 0 Å². The number of carbonyl (C=O) groups excluding carboxylic acids is 1. The fourth-order valence-electron chi connectivity index (χ4n) is 2.76. The van der Waals surface area contributed by atoms with Crippen LogP contribution in [0.2, 0.25) is 0 Å². The highest BCUT2D eigenvalue weighted by molar-refractivity contribution is 5.96. The van der Waals surface area contributed by atoms with Crippen LogP contribution in [0.1, 0.15) is 28.8 Å². The number of aryl methyl sites for hydroxylation is 1. The summed E-state index contributed by atoms with van der Waals surface area (Å²) in [5.74, 6) is 1.28. The van der Waals surface area contributed by atoms with Crippen molar-refractivity contribution in [3.05, 3.63) is 23.3 Å². The second-order valence-electron chi connectivity index (χ2n) is 5.42. The quantitative estimate of drug-likeness (QED) is 0.920. The fourth-order valence-corrected chi connectivity index (χ4v) is 2.76. The van der Waals surface area contributed by atoms with Crippen molar-refractivity contribution in [1.82, 2.24) is 10.2 Å². The normalized spacial score (nSPS) is 15.6. The van der Waals surface area contributed by atoms with Gasteiger partial charge in [-0.3, -0.25) is 4.79 Å². The van der Waals surface area contributed by atoms with Gasteiger partial charge in [0.1, 0.15) is 0 Å². The number of benzene rings is 1. The third-order valence-electron chi connectivity index (χ3n) is 4.14. The second-order valence-corrected chi connectivity index (χ2v) is 5.42. The molecule has 0 atom stereocenters. The highest BCUT2D eigenvalue weighted by atomic mass is 16.5. The lowest BCUT2D eigenvalue weighted by molar-refractivity contribution is 0.0702. The van der Waals surface area contributed by atoms with Gasteiger partial charge in [0.25, 0.3) is 5.91 Å². The van der Waals surface area contributed by atoms with E-state index in [1.807, 2.05) is 24.9 Å². The largest absolute Gasteiger partial charge is 0.493 e. The smallest absolute Gasteiger partial charge is 0.254 e. The van der Waals surface area contributed by atoms with E-state index in [4.69, 9.17) is 9.47 Å². The fraction of sp³-hybridized carbons (Fsp3) is 0.562. The lowest BCUT2D eigenvalue weighted by Crippen LogP contribution is -2.44. The van der Waals surface area contributed by atoms with E-state index < -0.39 is 0 Å². The summed E-state index contributed by atoms with van der Waals surface area (Å²) < 4.78 is 10.6. The van der Waals surface area contributed by atoms with Gasteiger partial charge >= 0.3 is 0 Å². The van der Waals surface area contributed by atoms with Gasteiger partial charge < -0.3 is 19.7 Å². The summed E-state index contributed by atoms with van der Waals surface area (Å²) >= 11 is 0. The third kappa shape index (κ3) is 3.29. The number of rotatable bonds is 4. The standard InChI is InChI=1S/C16H24N2O3/c1-11-9-14(20-3)15(21-4)10-13(11)16(19)18(2)12-5-7-17-8-6-12/h9-10,12,17H,5-8H2,1-4H3. The van der Waals surface area contributed by atoms with Gasteiger partial charge in [-0.15, -0.1) is 0 Å². The van der Waals surface area contributed by atoms with Crippen LogP contribution in [0, 0.1) is 6.92 Å². The molecule has 5 heteroatoms. The Kier molecular flexibility index (Phi) is 5.07. The molecule has 0 unspecified atom stereocenters. The molecule has 2 rings (SSSR count). The number of methoxy groups -OCH3 is 2. The minimum atomic E-state index is 0.0420. The molecule has 1 heterocycles. The first-order valence-electron chi connectivity index (χ1n) is 7.29. The van der Waals surface area contributed by atoms with Gasteiger partial charge in [-0.25, -0.2) is 0 Å². The minimum absolute atomic E-state index is 0.0420. The predicted molar refractivity (Wildman–Crippen MR) is 82.3 cm³/mol. The molecule has 21 heavy (non-hydrogen) atoms. The molecular formula is C16H24N2O3. The number of nitrogens with zero attached hydrogens (tertiary/aromatic N) is 1. The highest BCUT2D eigenvalue weighted by Crippen LogP contribution is 2.31. The first-order chi connectivity index (χ1) is 10.1. The highest BCUT2D eigenvalue weighted by Gasteiger charge is 2.24. The Labute approximate surface area is 126 Å². The van der Waals surface area contributed by atoms with Crippen LogP contribution in [-0.2, 0) is 0 Å². The van der Waals surface area contributed by atoms with Crippen LogP contribution in [0.25, 0.3) is 0 Å². The van der Waals surface area contributed by atoms with Gasteiger partial charge in [-0.2, -0.15) is 0 Å². The number of amides is 1. The third-order valence-corrected chi connectivity index (χ3v) is 4.14. The summed E-state index contributed by atoms with van der Waals surface area (Å²) in [7, 11) is 5.06. The molecule has 1 aromatic rings. The molecule has 0 bridgehead atoms. The van der Waals surface area contributed by atoms with Gasteiger partial charge in [-0.05, 0) is 50.6 Å². The van der Waals surface area contributed by atoms with Gasteiger partial charge in [0.2, 0.25) is 0 Å². The maximum Gasteiger partial charge on any atom is 0.254 e. The van der Waals surface area contributed by atoms with Crippen LogP contribution in [0.5, 0.6) is 11.5 Å². The number of hydrogen-bond donors (Lipinski definition) is 1. The number of hydrogen-bond acceptors (Lipinski definition) is 4. The zero-order valence-corrected chi connectivity index (χ0v) is 13.2. The summed E-state index contributed by atoms with van der Waals surface area (Å²) in [6, 6.07) is 3.92. The average molecular weight is 292 g/mol. The SMILES string of the molecule is COc1cc(C)c(C(=O)N(C)C2CCNCC2)cc1OC. The van der Waals surface area contributed by atoms with E-state index in [1.54, 1.807) is 20.3 Å². The average Bonchev–Trinajstić information content (AvgIpc) is 2.54. The molecule has 1 aromatic carbocycles. The molecule has 1 aliphatic rings. The van der Waals surface area contributed by atoms with Crippen LogP contribution in [0.4, 0.5) is 0 Å². The lowest BCUT2D eigenvalue weighted by Gasteiger charge is -2.32. The Morgan fingerprint density at radius 2 is 1.76 bits per heavy atom. The molecule has 116 valence electrons. The van der Waals surface area contributed by atoms with E-state index >= 15 is 0 Å². The van der Waals surface area contributed by atoms with Crippen molar-refractivity contribution < 1.29 is 14.3 Å². The molecule has 0 radical (unpaired) electrons. The van der Waals surface area contributed by atoms with Crippen molar-refractivity contribution in [2.75, 3.05) is 34.4 Å². The van der Waals surface area contributed by atoms with Crippen LogP contribution in [0.3, 0.4) is 0 Å².